The van der Waals surface area contributed by atoms with E-state index in [0.717, 1.165) is 28.6 Å². The van der Waals surface area contributed by atoms with Crippen LogP contribution >= 0.6 is 0 Å². The standard InChI is InChI=1S/C27H25N5O4/c1-2-27(35)18-11-21-23-16(13-32(21)25(33)17(18)14-36-26(27)34)24(22-19(28)6-3-7-20(22)31-23)30-10-8-15-5-4-9-29-12-15/h3-7,9,11-12,35H,2,8,10,13-14,28H2,1H3,(H,30,31)/t27-/m0/s1. The van der Waals surface area contributed by atoms with Crippen LogP contribution in [-0.2, 0) is 34.7 Å². The maximum Gasteiger partial charge on any atom is 0.343 e. The number of rotatable bonds is 5. The SMILES string of the molecule is CC[C@@]1(O)C(=O)OCc2c1cc1n(c2=O)Cc2c-1nc1cccc(N)c1c2NCCc1cccnc1. The molecule has 6 rings (SSSR count). The van der Waals surface area contributed by atoms with Gasteiger partial charge in [-0.2, -0.15) is 0 Å². The van der Waals surface area contributed by atoms with Crippen molar-refractivity contribution in [1.29, 1.82) is 0 Å². The molecule has 0 unspecified atom stereocenters. The van der Waals surface area contributed by atoms with Gasteiger partial charge in [0.15, 0.2) is 5.60 Å². The predicted molar refractivity (Wildman–Crippen MR) is 135 cm³/mol. The van der Waals surface area contributed by atoms with Crippen molar-refractivity contribution in [2.45, 2.75) is 38.5 Å². The molecular formula is C27H25N5O4. The van der Waals surface area contributed by atoms with Crippen molar-refractivity contribution in [2.24, 2.45) is 0 Å². The summed E-state index contributed by atoms with van der Waals surface area (Å²) in [6, 6.07) is 11.2. The van der Waals surface area contributed by atoms with Crippen molar-refractivity contribution in [1.82, 2.24) is 14.5 Å². The Balaban J connectivity index is 1.51. The summed E-state index contributed by atoms with van der Waals surface area (Å²) < 4.78 is 6.81. The van der Waals surface area contributed by atoms with Crippen LogP contribution in [0.1, 0.15) is 35.6 Å². The molecule has 4 aromatic rings. The number of nitrogen functional groups attached to an aromatic ring is 1. The summed E-state index contributed by atoms with van der Waals surface area (Å²) in [5.41, 5.74) is 10.1. The van der Waals surface area contributed by atoms with Crippen molar-refractivity contribution < 1.29 is 14.6 Å². The Morgan fingerprint density at radius 1 is 1.22 bits per heavy atom. The van der Waals surface area contributed by atoms with Gasteiger partial charge in [0.1, 0.15) is 6.61 Å². The van der Waals surface area contributed by atoms with Crippen molar-refractivity contribution >= 4 is 28.2 Å². The van der Waals surface area contributed by atoms with Crippen molar-refractivity contribution in [2.75, 3.05) is 17.6 Å². The average molecular weight is 484 g/mol. The molecule has 1 aromatic carbocycles. The molecule has 0 amide bonds. The molecule has 182 valence electrons. The maximum atomic E-state index is 13.5. The minimum absolute atomic E-state index is 0.0947. The third kappa shape index (κ3) is 3.20. The number of pyridine rings is 3. The highest BCUT2D eigenvalue weighted by Crippen LogP contribution is 2.43. The van der Waals surface area contributed by atoms with Gasteiger partial charge in [0.2, 0.25) is 0 Å². The fourth-order valence-electron chi connectivity index (χ4n) is 5.23. The first-order valence-electron chi connectivity index (χ1n) is 11.9. The Labute approximate surface area is 206 Å². The summed E-state index contributed by atoms with van der Waals surface area (Å²) in [4.78, 5) is 35.0. The topological polar surface area (TPSA) is 132 Å². The summed E-state index contributed by atoms with van der Waals surface area (Å²) in [6.45, 7) is 2.45. The van der Waals surface area contributed by atoms with Crippen LogP contribution in [-0.4, -0.2) is 32.2 Å². The molecule has 2 aliphatic rings. The molecule has 1 atom stereocenters. The number of carbonyl (C=O) groups is 1. The molecule has 0 saturated heterocycles. The molecule has 2 aliphatic heterocycles. The zero-order valence-electron chi connectivity index (χ0n) is 19.7. The van der Waals surface area contributed by atoms with Gasteiger partial charge >= 0.3 is 5.97 Å². The van der Waals surface area contributed by atoms with Gasteiger partial charge in [-0.05, 0) is 42.7 Å². The van der Waals surface area contributed by atoms with E-state index in [1.54, 1.807) is 23.8 Å². The summed E-state index contributed by atoms with van der Waals surface area (Å²) in [5, 5.41) is 15.5. The van der Waals surface area contributed by atoms with Crippen LogP contribution in [0, 0.1) is 0 Å². The maximum absolute atomic E-state index is 13.5. The minimum atomic E-state index is -1.86. The van der Waals surface area contributed by atoms with E-state index in [-0.39, 0.29) is 18.6 Å². The van der Waals surface area contributed by atoms with Gasteiger partial charge in [0.25, 0.3) is 5.56 Å². The molecule has 0 fully saturated rings. The zero-order valence-corrected chi connectivity index (χ0v) is 19.7. The number of nitrogens with zero attached hydrogens (tertiary/aromatic N) is 3. The number of carbonyl (C=O) groups excluding carboxylic acids is 1. The number of cyclic esters (lactones) is 1. The summed E-state index contributed by atoms with van der Waals surface area (Å²) in [7, 11) is 0. The number of hydrogen-bond acceptors (Lipinski definition) is 8. The van der Waals surface area contributed by atoms with Crippen LogP contribution in [0.4, 0.5) is 11.4 Å². The lowest BCUT2D eigenvalue weighted by Crippen LogP contribution is -2.44. The van der Waals surface area contributed by atoms with E-state index < -0.39 is 11.6 Å². The van der Waals surface area contributed by atoms with Crippen LogP contribution in [0.2, 0.25) is 0 Å². The molecular weight excluding hydrogens is 458 g/mol. The largest absolute Gasteiger partial charge is 0.458 e. The monoisotopic (exact) mass is 483 g/mol. The molecule has 0 aliphatic carbocycles. The quantitative estimate of drug-likeness (QED) is 0.257. The molecule has 0 spiro atoms. The Bertz CT molecular complexity index is 1600. The van der Waals surface area contributed by atoms with Gasteiger partial charge in [0.05, 0.1) is 34.7 Å². The molecule has 3 aromatic heterocycles. The van der Waals surface area contributed by atoms with E-state index in [4.69, 9.17) is 15.5 Å². The second-order valence-electron chi connectivity index (χ2n) is 9.20. The number of anilines is 2. The second-order valence-corrected chi connectivity index (χ2v) is 9.20. The van der Waals surface area contributed by atoms with Gasteiger partial charge in [-0.25, -0.2) is 9.78 Å². The lowest BCUT2D eigenvalue weighted by molar-refractivity contribution is -0.172. The Hall–Kier alpha value is -4.24. The first-order valence-corrected chi connectivity index (χ1v) is 11.9. The number of fused-ring (bicyclic) bond motifs is 5. The lowest BCUT2D eigenvalue weighted by atomic mass is 9.86. The number of ether oxygens (including phenoxy) is 1. The molecule has 9 nitrogen and oxygen atoms in total. The van der Waals surface area contributed by atoms with Crippen molar-refractivity contribution in [3.05, 3.63) is 81.4 Å². The van der Waals surface area contributed by atoms with E-state index in [2.05, 4.69) is 10.3 Å². The predicted octanol–water partition coefficient (Wildman–Crippen LogP) is 2.71. The van der Waals surface area contributed by atoms with Gasteiger partial charge in [-0.3, -0.25) is 9.78 Å². The minimum Gasteiger partial charge on any atom is -0.458 e. The van der Waals surface area contributed by atoms with E-state index in [1.807, 2.05) is 36.5 Å². The van der Waals surface area contributed by atoms with Gasteiger partial charge < -0.3 is 25.5 Å². The van der Waals surface area contributed by atoms with Gasteiger partial charge in [-0.15, -0.1) is 0 Å². The number of hydrogen-bond donors (Lipinski definition) is 3. The van der Waals surface area contributed by atoms with E-state index in [0.29, 0.717) is 46.8 Å². The van der Waals surface area contributed by atoms with E-state index >= 15 is 0 Å². The molecule has 4 N–H and O–H groups in total. The fourth-order valence-corrected chi connectivity index (χ4v) is 5.23. The zero-order chi connectivity index (χ0) is 25.0. The number of aromatic nitrogens is 3. The smallest absolute Gasteiger partial charge is 0.343 e. The number of nitrogens with one attached hydrogen (secondary N) is 1. The molecule has 36 heavy (non-hydrogen) atoms. The first kappa shape index (κ1) is 22.2. The van der Waals surface area contributed by atoms with Crippen molar-refractivity contribution in [3.8, 4) is 11.4 Å². The third-order valence-corrected chi connectivity index (χ3v) is 7.18. The molecule has 0 bridgehead atoms. The van der Waals surface area contributed by atoms with Crippen LogP contribution in [0.3, 0.4) is 0 Å². The van der Waals surface area contributed by atoms with Gasteiger partial charge in [-0.1, -0.05) is 19.1 Å². The van der Waals surface area contributed by atoms with E-state index in [9.17, 15) is 14.7 Å². The van der Waals surface area contributed by atoms with Crippen LogP contribution in [0.5, 0.6) is 0 Å². The summed E-state index contributed by atoms with van der Waals surface area (Å²) in [5.74, 6) is -0.739. The average Bonchev–Trinajstić information content (AvgIpc) is 3.26. The normalized spacial score (nSPS) is 17.9. The summed E-state index contributed by atoms with van der Waals surface area (Å²) >= 11 is 0. The van der Waals surface area contributed by atoms with Crippen molar-refractivity contribution in [3.63, 3.8) is 0 Å². The number of benzene rings is 1. The Morgan fingerprint density at radius 2 is 2.08 bits per heavy atom. The highest BCUT2D eigenvalue weighted by atomic mass is 16.6. The molecule has 9 heteroatoms. The molecule has 5 heterocycles. The Morgan fingerprint density at radius 3 is 2.86 bits per heavy atom. The fraction of sp³-hybridized carbons (Fsp3) is 0.259. The highest BCUT2D eigenvalue weighted by Gasteiger charge is 2.45. The number of nitrogens with two attached hydrogens (primary N) is 1. The third-order valence-electron chi connectivity index (χ3n) is 7.18. The van der Waals surface area contributed by atoms with Crippen LogP contribution in [0.25, 0.3) is 22.3 Å². The number of aliphatic hydroxyl groups is 1. The summed E-state index contributed by atoms with van der Waals surface area (Å²) in [6.07, 6.45) is 4.43. The second kappa shape index (κ2) is 8.17. The van der Waals surface area contributed by atoms with Crippen LogP contribution < -0.4 is 16.6 Å². The van der Waals surface area contributed by atoms with Gasteiger partial charge in [0, 0.05) is 41.1 Å². The molecule has 0 radical (unpaired) electrons. The highest BCUT2D eigenvalue weighted by molar-refractivity contribution is 6.04. The molecule has 0 saturated carbocycles. The Kier molecular flexibility index (Phi) is 5.04. The first-order chi connectivity index (χ1) is 17.4. The van der Waals surface area contributed by atoms with E-state index in [1.165, 1.54) is 0 Å². The lowest BCUT2D eigenvalue weighted by Gasteiger charge is -2.31. The van der Waals surface area contributed by atoms with Crippen LogP contribution in [0.15, 0.2) is 53.6 Å². The number of esters is 1.